The number of carbonyl (C=O) groups excluding carboxylic acids is 2. The molecule has 1 aliphatic heterocycles. The van der Waals surface area contributed by atoms with Gasteiger partial charge < -0.3 is 5.11 Å². The lowest BCUT2D eigenvalue weighted by atomic mass is 9.81. The van der Waals surface area contributed by atoms with E-state index in [1.807, 2.05) is 0 Å². The molecule has 2 aliphatic rings. The van der Waals surface area contributed by atoms with Crippen LogP contribution in [0.4, 0.5) is 10.1 Å². The molecule has 7 heteroatoms. The van der Waals surface area contributed by atoms with Gasteiger partial charge in [-0.3, -0.25) is 9.59 Å². The number of aromatic carboxylic acids is 1. The van der Waals surface area contributed by atoms with E-state index in [9.17, 15) is 18.8 Å². The number of amides is 2. The third kappa shape index (κ3) is 2.18. The van der Waals surface area contributed by atoms with Crippen molar-refractivity contribution in [3.05, 3.63) is 28.5 Å². The van der Waals surface area contributed by atoms with Gasteiger partial charge >= 0.3 is 5.97 Å². The first-order chi connectivity index (χ1) is 10.4. The van der Waals surface area contributed by atoms with Crippen molar-refractivity contribution in [2.75, 3.05) is 4.90 Å². The Morgan fingerprint density at radius 1 is 1.18 bits per heavy atom. The van der Waals surface area contributed by atoms with Gasteiger partial charge in [-0.15, -0.1) is 0 Å². The van der Waals surface area contributed by atoms with Crippen molar-refractivity contribution in [1.29, 1.82) is 0 Å². The van der Waals surface area contributed by atoms with Crippen LogP contribution >= 0.6 is 11.6 Å². The van der Waals surface area contributed by atoms with Crippen LogP contribution in [0, 0.1) is 17.7 Å². The van der Waals surface area contributed by atoms with Crippen molar-refractivity contribution in [3.8, 4) is 0 Å². The Balaban J connectivity index is 2.07. The molecular weight excluding hydrogens is 313 g/mol. The fourth-order valence-electron chi connectivity index (χ4n) is 3.27. The van der Waals surface area contributed by atoms with Gasteiger partial charge in [-0.25, -0.2) is 14.1 Å². The minimum absolute atomic E-state index is 0.273. The quantitative estimate of drug-likeness (QED) is 0.848. The molecule has 5 nitrogen and oxygen atoms in total. The van der Waals surface area contributed by atoms with Crippen LogP contribution in [0.25, 0.3) is 0 Å². The normalized spacial score (nSPS) is 24.5. The van der Waals surface area contributed by atoms with Crippen LogP contribution < -0.4 is 4.90 Å². The zero-order valence-corrected chi connectivity index (χ0v) is 12.3. The smallest absolute Gasteiger partial charge is 0.337 e. The molecule has 0 bridgehead atoms. The van der Waals surface area contributed by atoms with Gasteiger partial charge in [0.15, 0.2) is 0 Å². The number of carboxylic acids is 1. The van der Waals surface area contributed by atoms with Crippen LogP contribution in [0.1, 0.15) is 36.0 Å². The first-order valence-corrected chi connectivity index (χ1v) is 7.39. The lowest BCUT2D eigenvalue weighted by Gasteiger charge is -2.19. The van der Waals surface area contributed by atoms with E-state index >= 15 is 0 Å². The molecule has 0 radical (unpaired) electrons. The Bertz CT molecular complexity index is 666. The summed E-state index contributed by atoms with van der Waals surface area (Å²) in [6.07, 6.45) is 2.93. The number of benzene rings is 1. The van der Waals surface area contributed by atoms with Crippen LogP contribution in [-0.4, -0.2) is 22.9 Å². The van der Waals surface area contributed by atoms with Crippen LogP contribution in [-0.2, 0) is 9.59 Å². The van der Waals surface area contributed by atoms with Gasteiger partial charge in [-0.1, -0.05) is 24.4 Å². The Morgan fingerprint density at radius 3 is 2.23 bits per heavy atom. The van der Waals surface area contributed by atoms with Gasteiger partial charge in [0.25, 0.3) is 0 Å². The second-order valence-electron chi connectivity index (χ2n) is 5.60. The zero-order chi connectivity index (χ0) is 16.0. The molecule has 0 aromatic heterocycles. The molecular formula is C15H13ClFNO4. The minimum atomic E-state index is -1.34. The van der Waals surface area contributed by atoms with E-state index in [2.05, 4.69) is 0 Å². The molecule has 1 saturated carbocycles. The molecule has 1 aromatic carbocycles. The summed E-state index contributed by atoms with van der Waals surface area (Å²) in [6, 6.07) is 1.77. The number of hydrogen-bond donors (Lipinski definition) is 1. The third-order valence-corrected chi connectivity index (χ3v) is 4.66. The van der Waals surface area contributed by atoms with E-state index < -0.39 is 35.4 Å². The molecule has 1 aliphatic carbocycles. The highest BCUT2D eigenvalue weighted by Gasteiger charge is 2.49. The summed E-state index contributed by atoms with van der Waals surface area (Å²) in [7, 11) is 0. The van der Waals surface area contributed by atoms with E-state index in [-0.39, 0.29) is 16.3 Å². The van der Waals surface area contributed by atoms with Crippen molar-refractivity contribution in [3.63, 3.8) is 0 Å². The summed E-state index contributed by atoms with van der Waals surface area (Å²) < 4.78 is 14.1. The summed E-state index contributed by atoms with van der Waals surface area (Å²) in [5.41, 5.74) is -0.667. The highest BCUT2D eigenvalue weighted by molar-refractivity contribution is 6.34. The monoisotopic (exact) mass is 325 g/mol. The first-order valence-electron chi connectivity index (χ1n) is 7.02. The number of anilines is 1. The predicted octanol–water partition coefficient (Wildman–Crippen LogP) is 2.86. The number of carboxylic acid groups (broad SMARTS) is 1. The Morgan fingerprint density at radius 2 is 1.73 bits per heavy atom. The maximum absolute atomic E-state index is 14.1. The van der Waals surface area contributed by atoms with E-state index in [0.29, 0.717) is 12.8 Å². The number of fused-ring (bicyclic) bond motifs is 1. The fourth-order valence-corrected chi connectivity index (χ4v) is 3.50. The lowest BCUT2D eigenvalue weighted by Crippen LogP contribution is -2.32. The molecule has 22 heavy (non-hydrogen) atoms. The van der Waals surface area contributed by atoms with Crippen molar-refractivity contribution in [1.82, 2.24) is 0 Å². The molecule has 0 spiro atoms. The largest absolute Gasteiger partial charge is 0.478 e. The topological polar surface area (TPSA) is 74.7 Å². The summed E-state index contributed by atoms with van der Waals surface area (Å²) in [4.78, 5) is 36.8. The van der Waals surface area contributed by atoms with Crippen molar-refractivity contribution >= 4 is 35.1 Å². The molecule has 2 unspecified atom stereocenters. The lowest BCUT2D eigenvalue weighted by molar-refractivity contribution is -0.122. The molecule has 2 fully saturated rings. The van der Waals surface area contributed by atoms with E-state index in [4.69, 9.17) is 16.7 Å². The van der Waals surface area contributed by atoms with Crippen molar-refractivity contribution in [2.45, 2.75) is 25.7 Å². The van der Waals surface area contributed by atoms with Gasteiger partial charge in [-0.2, -0.15) is 0 Å². The van der Waals surface area contributed by atoms with Crippen LogP contribution in [0.15, 0.2) is 12.1 Å². The molecule has 1 saturated heterocycles. The number of halogens is 2. The zero-order valence-electron chi connectivity index (χ0n) is 11.5. The summed E-state index contributed by atoms with van der Waals surface area (Å²) in [5, 5.41) is 8.79. The maximum Gasteiger partial charge on any atom is 0.337 e. The number of carbonyl (C=O) groups is 3. The van der Waals surface area contributed by atoms with Crippen LogP contribution in [0.2, 0.25) is 5.02 Å². The summed E-state index contributed by atoms with van der Waals surface area (Å²) >= 11 is 5.69. The van der Waals surface area contributed by atoms with E-state index in [1.54, 1.807) is 0 Å². The molecule has 3 rings (SSSR count). The SMILES string of the molecule is O=C(O)c1cc(N2C(=O)C3CCCCC3C2=O)c(F)cc1Cl. The molecule has 2 atom stereocenters. The Kier molecular flexibility index (Phi) is 3.64. The van der Waals surface area contributed by atoms with Gasteiger partial charge in [0.2, 0.25) is 11.8 Å². The van der Waals surface area contributed by atoms with Gasteiger partial charge in [0.1, 0.15) is 5.82 Å². The second kappa shape index (κ2) is 5.35. The minimum Gasteiger partial charge on any atom is -0.478 e. The highest BCUT2D eigenvalue weighted by Crippen LogP contribution is 2.41. The average Bonchev–Trinajstić information content (AvgIpc) is 2.72. The average molecular weight is 326 g/mol. The molecule has 1 heterocycles. The maximum atomic E-state index is 14.1. The molecule has 1 aromatic rings. The van der Waals surface area contributed by atoms with E-state index in [1.165, 1.54) is 0 Å². The number of hydrogen-bond acceptors (Lipinski definition) is 3. The fraction of sp³-hybridized carbons (Fsp3) is 0.400. The highest BCUT2D eigenvalue weighted by atomic mass is 35.5. The van der Waals surface area contributed by atoms with Crippen molar-refractivity contribution in [2.24, 2.45) is 11.8 Å². The number of rotatable bonds is 2. The number of nitrogens with zero attached hydrogens (tertiary/aromatic N) is 1. The van der Waals surface area contributed by atoms with Crippen molar-refractivity contribution < 1.29 is 23.9 Å². The summed E-state index contributed by atoms with van der Waals surface area (Å²) in [5.74, 6) is -3.98. The predicted molar refractivity (Wildman–Crippen MR) is 76.3 cm³/mol. The second-order valence-corrected chi connectivity index (χ2v) is 6.01. The Labute approximate surface area is 130 Å². The first kappa shape index (κ1) is 15.0. The standard InChI is InChI=1S/C15H13ClFNO4/c16-10-6-11(17)12(5-9(10)15(21)22)18-13(19)7-3-1-2-4-8(7)14(18)20/h5-8H,1-4H2,(H,21,22). The van der Waals surface area contributed by atoms with Gasteiger partial charge in [-0.05, 0) is 25.0 Å². The molecule has 2 amide bonds. The Hall–Kier alpha value is -1.95. The molecule has 116 valence electrons. The third-order valence-electron chi connectivity index (χ3n) is 4.35. The van der Waals surface area contributed by atoms with E-state index in [0.717, 1.165) is 29.9 Å². The molecule has 1 N–H and O–H groups in total. The summed E-state index contributed by atoms with van der Waals surface area (Å²) in [6.45, 7) is 0. The van der Waals surface area contributed by atoms with Crippen LogP contribution in [0.5, 0.6) is 0 Å². The number of imide groups is 1. The van der Waals surface area contributed by atoms with Gasteiger partial charge in [0, 0.05) is 0 Å². The van der Waals surface area contributed by atoms with Crippen LogP contribution in [0.3, 0.4) is 0 Å². The van der Waals surface area contributed by atoms with Gasteiger partial charge in [0.05, 0.1) is 28.1 Å².